The maximum atomic E-state index is 13.5. The molecule has 4 aromatic rings. The molecule has 1 aromatic heterocycles. The number of aromatic amines is 1. The van der Waals surface area contributed by atoms with Crippen molar-refractivity contribution in [1.82, 2.24) is 14.8 Å². The zero-order valence-electron chi connectivity index (χ0n) is 22.4. The Hall–Kier alpha value is -3.19. The fourth-order valence-corrected chi connectivity index (χ4v) is 6.17. The van der Waals surface area contributed by atoms with Crippen LogP contribution in [0, 0.1) is 0 Å². The van der Waals surface area contributed by atoms with Gasteiger partial charge in [-0.1, -0.05) is 41.8 Å². The summed E-state index contributed by atoms with van der Waals surface area (Å²) >= 11 is 12.4. The van der Waals surface area contributed by atoms with E-state index in [4.69, 9.17) is 32.7 Å². The zero-order valence-corrected chi connectivity index (χ0v) is 23.9. The molecule has 3 heterocycles. The molecule has 1 amide bonds. The Labute approximate surface area is 244 Å². The number of nitrogens with zero attached hydrogens (tertiary/aromatic N) is 2. The van der Waals surface area contributed by atoms with Crippen molar-refractivity contribution in [2.24, 2.45) is 0 Å². The van der Waals surface area contributed by atoms with Crippen molar-refractivity contribution < 1.29 is 14.3 Å². The summed E-state index contributed by atoms with van der Waals surface area (Å²) in [4.78, 5) is 21.4. The van der Waals surface area contributed by atoms with E-state index in [9.17, 15) is 4.79 Å². The van der Waals surface area contributed by atoms with Crippen LogP contribution in [0.5, 0.6) is 11.5 Å². The third kappa shape index (κ3) is 5.95. The number of fused-ring (bicyclic) bond motifs is 3. The van der Waals surface area contributed by atoms with E-state index in [1.54, 1.807) is 29.2 Å². The van der Waals surface area contributed by atoms with Crippen LogP contribution in [-0.2, 0) is 6.42 Å². The highest BCUT2D eigenvalue weighted by Gasteiger charge is 2.35. The van der Waals surface area contributed by atoms with Crippen LogP contribution < -0.4 is 9.47 Å². The van der Waals surface area contributed by atoms with Gasteiger partial charge in [0.25, 0.3) is 0 Å². The lowest BCUT2D eigenvalue weighted by Gasteiger charge is -2.35. The smallest absolute Gasteiger partial charge is 0.416 e. The molecule has 8 heteroatoms. The summed E-state index contributed by atoms with van der Waals surface area (Å²) in [6.45, 7) is 4.69. The quantitative estimate of drug-likeness (QED) is 0.227. The molecule has 0 aliphatic carbocycles. The van der Waals surface area contributed by atoms with Gasteiger partial charge in [0.15, 0.2) is 0 Å². The van der Waals surface area contributed by atoms with E-state index >= 15 is 0 Å². The number of nitrogens with one attached hydrogen (secondary N) is 1. The molecule has 6 nitrogen and oxygen atoms in total. The fraction of sp³-hybridized carbons (Fsp3) is 0.344. The maximum absolute atomic E-state index is 13.5. The van der Waals surface area contributed by atoms with Crippen molar-refractivity contribution in [3.8, 4) is 11.5 Å². The average Bonchev–Trinajstić information content (AvgIpc) is 3.35. The van der Waals surface area contributed by atoms with Crippen LogP contribution in [-0.4, -0.2) is 53.7 Å². The molecule has 1 unspecified atom stereocenters. The second-order valence-electron chi connectivity index (χ2n) is 10.5. The molecule has 0 saturated carbocycles. The van der Waals surface area contributed by atoms with Gasteiger partial charge in [-0.25, -0.2) is 4.79 Å². The van der Waals surface area contributed by atoms with Crippen LogP contribution >= 0.6 is 23.2 Å². The Morgan fingerprint density at radius 3 is 2.38 bits per heavy atom. The van der Waals surface area contributed by atoms with Gasteiger partial charge >= 0.3 is 6.09 Å². The fourth-order valence-electron chi connectivity index (χ4n) is 5.87. The first-order valence-electron chi connectivity index (χ1n) is 14.0. The van der Waals surface area contributed by atoms with Crippen molar-refractivity contribution in [3.63, 3.8) is 0 Å². The van der Waals surface area contributed by atoms with E-state index in [0.717, 1.165) is 40.9 Å². The summed E-state index contributed by atoms with van der Waals surface area (Å²) in [6.07, 6.45) is 5.26. The molecule has 1 fully saturated rings. The number of aromatic nitrogens is 1. The number of benzene rings is 3. The molecule has 0 radical (unpaired) electrons. The number of halogens is 2. The van der Waals surface area contributed by atoms with Gasteiger partial charge in [0.1, 0.15) is 17.5 Å². The first-order chi connectivity index (χ1) is 19.5. The van der Waals surface area contributed by atoms with Crippen LogP contribution in [0.25, 0.3) is 10.9 Å². The molecule has 0 bridgehead atoms. The SMILES string of the molecule is O=C(Oc1ccc(Cl)cc1)N1CCc2c([nH]c3ccc(Cl)cc23)C1c1ccc(OCCCN2CCCCC2)cc1. The van der Waals surface area contributed by atoms with Gasteiger partial charge in [-0.2, -0.15) is 0 Å². The lowest BCUT2D eigenvalue weighted by Crippen LogP contribution is -2.42. The maximum Gasteiger partial charge on any atom is 0.416 e. The van der Waals surface area contributed by atoms with Gasteiger partial charge in [0, 0.05) is 39.7 Å². The number of likely N-dealkylation sites (tertiary alicyclic amines) is 1. The Balaban J connectivity index is 1.22. The second-order valence-corrected chi connectivity index (χ2v) is 11.4. The van der Waals surface area contributed by atoms with E-state index in [-0.39, 0.29) is 6.04 Å². The largest absolute Gasteiger partial charge is 0.494 e. The van der Waals surface area contributed by atoms with Gasteiger partial charge in [-0.3, -0.25) is 4.90 Å². The highest BCUT2D eigenvalue weighted by atomic mass is 35.5. The average molecular weight is 579 g/mol. The Morgan fingerprint density at radius 2 is 1.60 bits per heavy atom. The zero-order chi connectivity index (χ0) is 27.5. The predicted octanol–water partition coefficient (Wildman–Crippen LogP) is 7.88. The summed E-state index contributed by atoms with van der Waals surface area (Å²) in [5.41, 5.74) is 4.14. The molecule has 3 aromatic carbocycles. The Bertz CT molecular complexity index is 1460. The van der Waals surface area contributed by atoms with Crippen LogP contribution in [0.2, 0.25) is 10.0 Å². The van der Waals surface area contributed by atoms with E-state index in [0.29, 0.717) is 35.4 Å². The minimum atomic E-state index is -0.410. The summed E-state index contributed by atoms with van der Waals surface area (Å²) in [7, 11) is 0. The topological polar surface area (TPSA) is 57.8 Å². The van der Waals surface area contributed by atoms with Crippen molar-refractivity contribution in [2.45, 2.75) is 38.1 Å². The van der Waals surface area contributed by atoms with Gasteiger partial charge in [0.05, 0.1) is 6.61 Å². The molecule has 6 rings (SSSR count). The number of carbonyl (C=O) groups is 1. The number of carbonyl (C=O) groups excluding carboxylic acids is 1. The molecule has 2 aliphatic heterocycles. The van der Waals surface area contributed by atoms with Crippen molar-refractivity contribution in [3.05, 3.63) is 93.6 Å². The van der Waals surface area contributed by atoms with Crippen LogP contribution in [0.15, 0.2) is 66.7 Å². The number of hydrogen-bond donors (Lipinski definition) is 1. The second kappa shape index (κ2) is 12.1. The van der Waals surface area contributed by atoms with Gasteiger partial charge < -0.3 is 19.4 Å². The first-order valence-corrected chi connectivity index (χ1v) is 14.8. The van der Waals surface area contributed by atoms with Crippen LogP contribution in [0.4, 0.5) is 4.79 Å². The number of piperidine rings is 1. The van der Waals surface area contributed by atoms with E-state index in [2.05, 4.69) is 9.88 Å². The van der Waals surface area contributed by atoms with Crippen molar-refractivity contribution >= 4 is 40.2 Å². The van der Waals surface area contributed by atoms with Crippen LogP contribution in [0.3, 0.4) is 0 Å². The molecular formula is C32H33Cl2N3O3. The first kappa shape index (κ1) is 27.0. The predicted molar refractivity (Wildman–Crippen MR) is 160 cm³/mol. The molecule has 2 aliphatic rings. The molecule has 1 saturated heterocycles. The normalized spacial score (nSPS) is 17.6. The summed E-state index contributed by atoms with van der Waals surface area (Å²) in [5, 5.41) is 2.37. The van der Waals surface area contributed by atoms with Gasteiger partial charge in [-0.05, 0) is 104 Å². The van der Waals surface area contributed by atoms with Crippen molar-refractivity contribution in [2.75, 3.05) is 32.8 Å². The number of H-pyrrole nitrogens is 1. The van der Waals surface area contributed by atoms with E-state index < -0.39 is 6.09 Å². The Morgan fingerprint density at radius 1 is 0.875 bits per heavy atom. The molecule has 208 valence electrons. The number of ether oxygens (including phenoxy) is 2. The summed E-state index contributed by atoms with van der Waals surface area (Å²) in [6, 6.07) is 20.4. The van der Waals surface area contributed by atoms with Crippen molar-refractivity contribution in [1.29, 1.82) is 0 Å². The molecule has 1 N–H and O–H groups in total. The highest BCUT2D eigenvalue weighted by Crippen LogP contribution is 2.40. The minimum Gasteiger partial charge on any atom is -0.494 e. The standard InChI is InChI=1S/C32H33Cl2N3O3/c33-23-7-12-26(13-8-23)40-32(38)37-19-15-27-28-21-24(34)9-14-29(28)35-30(27)31(37)22-5-10-25(11-6-22)39-20-4-18-36-16-2-1-3-17-36/h5-14,21,31,35H,1-4,15-20H2. The van der Waals surface area contributed by atoms with Crippen LogP contribution in [0.1, 0.15) is 48.5 Å². The minimum absolute atomic E-state index is 0.345. The monoisotopic (exact) mass is 577 g/mol. The third-order valence-electron chi connectivity index (χ3n) is 7.87. The number of hydrogen-bond acceptors (Lipinski definition) is 4. The third-order valence-corrected chi connectivity index (χ3v) is 8.36. The molecule has 40 heavy (non-hydrogen) atoms. The Kier molecular flexibility index (Phi) is 8.19. The lowest BCUT2D eigenvalue weighted by molar-refractivity contribution is 0.135. The number of amides is 1. The molecule has 1 atom stereocenters. The summed E-state index contributed by atoms with van der Waals surface area (Å²) < 4.78 is 11.8. The molecular weight excluding hydrogens is 545 g/mol. The highest BCUT2D eigenvalue weighted by molar-refractivity contribution is 6.31. The number of rotatable bonds is 7. The van der Waals surface area contributed by atoms with E-state index in [1.165, 1.54) is 37.9 Å². The van der Waals surface area contributed by atoms with Gasteiger partial charge in [0.2, 0.25) is 0 Å². The van der Waals surface area contributed by atoms with E-state index in [1.807, 2.05) is 42.5 Å². The van der Waals surface area contributed by atoms with Gasteiger partial charge in [-0.15, -0.1) is 0 Å². The molecule has 0 spiro atoms. The lowest BCUT2D eigenvalue weighted by atomic mass is 9.92. The summed E-state index contributed by atoms with van der Waals surface area (Å²) in [5.74, 6) is 1.29.